The second-order valence-corrected chi connectivity index (χ2v) is 5.93. The SMILES string of the molecule is CC(=O)NC(C(=O)N(C)Cc1ccc(C)o1)C1CCCC1. The zero-order chi connectivity index (χ0) is 15.4. The van der Waals surface area contributed by atoms with Crippen molar-refractivity contribution in [3.8, 4) is 0 Å². The molecule has 0 bridgehead atoms. The number of nitrogens with zero attached hydrogens (tertiary/aromatic N) is 1. The van der Waals surface area contributed by atoms with E-state index in [1.54, 1.807) is 11.9 Å². The lowest BCUT2D eigenvalue weighted by molar-refractivity contribution is -0.137. The summed E-state index contributed by atoms with van der Waals surface area (Å²) in [7, 11) is 1.75. The molecule has 1 saturated carbocycles. The van der Waals surface area contributed by atoms with E-state index in [1.165, 1.54) is 6.92 Å². The standard InChI is InChI=1S/C16H24N2O3/c1-11-8-9-14(21-11)10-18(3)16(20)15(17-12(2)19)13-6-4-5-7-13/h8-9,13,15H,4-7,10H2,1-3H3,(H,17,19). The van der Waals surface area contributed by atoms with Gasteiger partial charge in [-0.2, -0.15) is 0 Å². The number of hydrogen-bond donors (Lipinski definition) is 1. The van der Waals surface area contributed by atoms with Crippen LogP contribution in [0.4, 0.5) is 0 Å². The molecule has 1 N–H and O–H groups in total. The van der Waals surface area contributed by atoms with Crippen molar-refractivity contribution < 1.29 is 14.0 Å². The molecule has 1 fully saturated rings. The van der Waals surface area contributed by atoms with E-state index in [4.69, 9.17) is 4.42 Å². The zero-order valence-electron chi connectivity index (χ0n) is 13.0. The largest absolute Gasteiger partial charge is 0.464 e. The van der Waals surface area contributed by atoms with Crippen LogP contribution in [-0.4, -0.2) is 29.8 Å². The smallest absolute Gasteiger partial charge is 0.245 e. The van der Waals surface area contributed by atoms with E-state index < -0.39 is 6.04 Å². The Labute approximate surface area is 125 Å². The quantitative estimate of drug-likeness (QED) is 0.905. The molecule has 1 aliphatic rings. The van der Waals surface area contributed by atoms with Crippen molar-refractivity contribution in [2.45, 2.75) is 52.1 Å². The Kier molecular flexibility index (Phi) is 5.04. The lowest BCUT2D eigenvalue weighted by Gasteiger charge is -2.27. The molecular formula is C16H24N2O3. The number of rotatable bonds is 5. The van der Waals surface area contributed by atoms with Gasteiger partial charge in [-0.3, -0.25) is 9.59 Å². The monoisotopic (exact) mass is 292 g/mol. The summed E-state index contributed by atoms with van der Waals surface area (Å²) in [6, 6.07) is 3.35. The molecule has 1 unspecified atom stereocenters. The maximum atomic E-state index is 12.6. The molecular weight excluding hydrogens is 268 g/mol. The molecule has 1 atom stereocenters. The van der Waals surface area contributed by atoms with Crippen LogP contribution < -0.4 is 5.32 Å². The number of amides is 2. The minimum absolute atomic E-state index is 0.0360. The Morgan fingerprint density at radius 3 is 2.57 bits per heavy atom. The van der Waals surface area contributed by atoms with Gasteiger partial charge in [0, 0.05) is 14.0 Å². The van der Waals surface area contributed by atoms with E-state index in [0.717, 1.165) is 37.2 Å². The third kappa shape index (κ3) is 4.09. The normalized spacial score (nSPS) is 16.7. The molecule has 1 aliphatic carbocycles. The molecule has 0 aromatic carbocycles. The number of hydrogen-bond acceptors (Lipinski definition) is 3. The third-order valence-corrected chi connectivity index (χ3v) is 4.06. The number of nitrogens with one attached hydrogen (secondary N) is 1. The molecule has 0 aliphatic heterocycles. The highest BCUT2D eigenvalue weighted by molar-refractivity contribution is 5.87. The summed E-state index contributed by atoms with van der Waals surface area (Å²) in [5.41, 5.74) is 0. The Bertz CT molecular complexity index is 503. The van der Waals surface area contributed by atoms with Crippen molar-refractivity contribution in [1.82, 2.24) is 10.2 Å². The molecule has 21 heavy (non-hydrogen) atoms. The number of furan rings is 1. The number of likely N-dealkylation sites (N-methyl/N-ethyl adjacent to an activating group) is 1. The molecule has 5 nitrogen and oxygen atoms in total. The fraction of sp³-hybridized carbons (Fsp3) is 0.625. The van der Waals surface area contributed by atoms with Crippen molar-refractivity contribution in [2.75, 3.05) is 7.05 Å². The molecule has 2 rings (SSSR count). The number of carbonyl (C=O) groups is 2. The maximum absolute atomic E-state index is 12.6. The van der Waals surface area contributed by atoms with E-state index in [2.05, 4.69) is 5.32 Å². The van der Waals surface area contributed by atoms with Gasteiger partial charge in [-0.05, 0) is 37.8 Å². The van der Waals surface area contributed by atoms with Crippen LogP contribution in [0.3, 0.4) is 0 Å². The highest BCUT2D eigenvalue weighted by atomic mass is 16.3. The summed E-state index contributed by atoms with van der Waals surface area (Å²) in [6.45, 7) is 3.77. The first-order valence-electron chi connectivity index (χ1n) is 7.54. The van der Waals surface area contributed by atoms with Crippen LogP contribution in [0, 0.1) is 12.8 Å². The number of aryl methyl sites for hydroxylation is 1. The Balaban J connectivity index is 2.03. The fourth-order valence-corrected chi connectivity index (χ4v) is 3.01. The Morgan fingerprint density at radius 1 is 1.38 bits per heavy atom. The zero-order valence-corrected chi connectivity index (χ0v) is 13.0. The third-order valence-electron chi connectivity index (χ3n) is 4.06. The molecule has 0 spiro atoms. The molecule has 1 aromatic rings. The van der Waals surface area contributed by atoms with Crippen LogP contribution in [0.5, 0.6) is 0 Å². The van der Waals surface area contributed by atoms with E-state index in [0.29, 0.717) is 6.54 Å². The molecule has 1 aromatic heterocycles. The van der Waals surface area contributed by atoms with Crippen molar-refractivity contribution in [2.24, 2.45) is 5.92 Å². The average molecular weight is 292 g/mol. The summed E-state index contributed by atoms with van der Waals surface area (Å²) in [4.78, 5) is 25.7. The van der Waals surface area contributed by atoms with Crippen molar-refractivity contribution >= 4 is 11.8 Å². The fourth-order valence-electron chi connectivity index (χ4n) is 3.01. The van der Waals surface area contributed by atoms with Crippen LogP contribution in [0.2, 0.25) is 0 Å². The van der Waals surface area contributed by atoms with Gasteiger partial charge in [0.25, 0.3) is 0 Å². The van der Waals surface area contributed by atoms with E-state index in [-0.39, 0.29) is 17.7 Å². The van der Waals surface area contributed by atoms with Crippen LogP contribution in [0.25, 0.3) is 0 Å². The van der Waals surface area contributed by atoms with Crippen LogP contribution in [0.15, 0.2) is 16.5 Å². The molecule has 1 heterocycles. The molecule has 0 radical (unpaired) electrons. The van der Waals surface area contributed by atoms with Gasteiger partial charge in [0.05, 0.1) is 6.54 Å². The predicted octanol–water partition coefficient (Wildman–Crippen LogP) is 2.24. The average Bonchev–Trinajstić information content (AvgIpc) is 3.06. The van der Waals surface area contributed by atoms with Crippen molar-refractivity contribution in [3.05, 3.63) is 23.7 Å². The van der Waals surface area contributed by atoms with Gasteiger partial charge in [-0.25, -0.2) is 0 Å². The van der Waals surface area contributed by atoms with Crippen molar-refractivity contribution in [1.29, 1.82) is 0 Å². The Hall–Kier alpha value is -1.78. The summed E-state index contributed by atoms with van der Waals surface area (Å²) >= 11 is 0. The molecule has 0 saturated heterocycles. The molecule has 2 amide bonds. The van der Waals surface area contributed by atoms with Crippen LogP contribution in [0.1, 0.15) is 44.1 Å². The summed E-state index contributed by atoms with van der Waals surface area (Å²) in [5, 5.41) is 2.83. The van der Waals surface area contributed by atoms with Crippen molar-refractivity contribution in [3.63, 3.8) is 0 Å². The van der Waals surface area contributed by atoms with E-state index in [9.17, 15) is 9.59 Å². The van der Waals surface area contributed by atoms with Crippen LogP contribution in [-0.2, 0) is 16.1 Å². The first-order chi connectivity index (χ1) is 9.97. The highest BCUT2D eigenvalue weighted by Crippen LogP contribution is 2.28. The first-order valence-corrected chi connectivity index (χ1v) is 7.54. The summed E-state index contributed by atoms with van der Waals surface area (Å²) < 4.78 is 5.51. The first kappa shape index (κ1) is 15.6. The predicted molar refractivity (Wildman–Crippen MR) is 79.5 cm³/mol. The van der Waals surface area contributed by atoms with Gasteiger partial charge in [0.2, 0.25) is 11.8 Å². The number of carbonyl (C=O) groups excluding carboxylic acids is 2. The minimum Gasteiger partial charge on any atom is -0.464 e. The van der Waals surface area contributed by atoms with Crippen LogP contribution >= 0.6 is 0 Å². The summed E-state index contributed by atoms with van der Waals surface area (Å²) in [6.07, 6.45) is 4.28. The second kappa shape index (κ2) is 6.78. The van der Waals surface area contributed by atoms with Gasteiger partial charge in [-0.1, -0.05) is 12.8 Å². The lowest BCUT2D eigenvalue weighted by Crippen LogP contribution is -2.50. The van der Waals surface area contributed by atoms with E-state index >= 15 is 0 Å². The summed E-state index contributed by atoms with van der Waals surface area (Å²) in [5.74, 6) is 1.66. The minimum atomic E-state index is -0.411. The maximum Gasteiger partial charge on any atom is 0.245 e. The molecule has 5 heteroatoms. The van der Waals surface area contributed by atoms with E-state index in [1.807, 2.05) is 19.1 Å². The van der Waals surface area contributed by atoms with Gasteiger partial charge >= 0.3 is 0 Å². The topological polar surface area (TPSA) is 62.6 Å². The van der Waals surface area contributed by atoms with Gasteiger partial charge in [0.15, 0.2) is 0 Å². The second-order valence-electron chi connectivity index (χ2n) is 5.93. The Morgan fingerprint density at radius 2 is 2.05 bits per heavy atom. The lowest BCUT2D eigenvalue weighted by atomic mass is 9.96. The van der Waals surface area contributed by atoms with Gasteiger partial charge in [0.1, 0.15) is 17.6 Å². The highest BCUT2D eigenvalue weighted by Gasteiger charge is 2.33. The molecule has 116 valence electrons. The van der Waals surface area contributed by atoms with Gasteiger partial charge in [-0.15, -0.1) is 0 Å². The van der Waals surface area contributed by atoms with Gasteiger partial charge < -0.3 is 14.6 Å².